The molecule has 0 aliphatic rings. The monoisotopic (exact) mass is 309 g/mol. The SMILES string of the molecule is Nc1cc(Br)cnc1Oc1cccc([N+](=O)[O-])c1. The molecule has 6 nitrogen and oxygen atoms in total. The zero-order valence-electron chi connectivity index (χ0n) is 9.04. The van der Waals surface area contributed by atoms with E-state index in [9.17, 15) is 10.1 Å². The molecule has 18 heavy (non-hydrogen) atoms. The number of nitrogens with zero attached hydrogens (tertiary/aromatic N) is 2. The third-order valence-corrected chi connectivity index (χ3v) is 2.52. The summed E-state index contributed by atoms with van der Waals surface area (Å²) in [6.07, 6.45) is 1.53. The first-order valence-corrected chi connectivity index (χ1v) is 5.69. The van der Waals surface area contributed by atoms with E-state index in [0.717, 1.165) is 4.47 Å². The van der Waals surface area contributed by atoms with Gasteiger partial charge < -0.3 is 10.5 Å². The Morgan fingerprint density at radius 1 is 1.39 bits per heavy atom. The highest BCUT2D eigenvalue weighted by molar-refractivity contribution is 9.10. The smallest absolute Gasteiger partial charge is 0.273 e. The predicted molar refractivity (Wildman–Crippen MR) is 69.5 cm³/mol. The van der Waals surface area contributed by atoms with Gasteiger partial charge in [-0.05, 0) is 28.1 Å². The number of anilines is 1. The van der Waals surface area contributed by atoms with Crippen LogP contribution in [0.5, 0.6) is 11.6 Å². The molecule has 1 heterocycles. The van der Waals surface area contributed by atoms with Crippen LogP contribution in [0.2, 0.25) is 0 Å². The summed E-state index contributed by atoms with van der Waals surface area (Å²) in [4.78, 5) is 14.1. The molecule has 0 spiro atoms. The molecule has 0 bridgehead atoms. The van der Waals surface area contributed by atoms with Crippen molar-refractivity contribution in [3.05, 3.63) is 51.1 Å². The summed E-state index contributed by atoms with van der Waals surface area (Å²) in [5.74, 6) is 0.518. The molecule has 0 saturated carbocycles. The van der Waals surface area contributed by atoms with Gasteiger partial charge in [0.1, 0.15) is 5.75 Å². The van der Waals surface area contributed by atoms with Crippen molar-refractivity contribution in [3.63, 3.8) is 0 Å². The van der Waals surface area contributed by atoms with Crippen LogP contribution >= 0.6 is 15.9 Å². The highest BCUT2D eigenvalue weighted by Crippen LogP contribution is 2.28. The average Bonchev–Trinajstić information content (AvgIpc) is 2.33. The largest absolute Gasteiger partial charge is 0.437 e. The number of rotatable bonds is 3. The van der Waals surface area contributed by atoms with E-state index in [2.05, 4.69) is 20.9 Å². The van der Waals surface area contributed by atoms with Gasteiger partial charge >= 0.3 is 0 Å². The number of non-ortho nitro benzene ring substituents is 1. The number of nitrogens with two attached hydrogens (primary N) is 1. The molecule has 2 aromatic rings. The summed E-state index contributed by atoms with van der Waals surface area (Å²) in [6.45, 7) is 0. The lowest BCUT2D eigenvalue weighted by atomic mass is 10.3. The topological polar surface area (TPSA) is 91.3 Å². The first-order chi connectivity index (χ1) is 8.56. The lowest BCUT2D eigenvalue weighted by Gasteiger charge is -2.06. The van der Waals surface area contributed by atoms with Gasteiger partial charge in [0.25, 0.3) is 5.69 Å². The molecule has 0 atom stereocenters. The Bertz CT molecular complexity index is 604. The molecule has 0 unspecified atom stereocenters. The normalized spacial score (nSPS) is 10.1. The van der Waals surface area contributed by atoms with Crippen LogP contribution in [-0.4, -0.2) is 9.91 Å². The number of hydrogen-bond acceptors (Lipinski definition) is 5. The molecule has 0 aliphatic heterocycles. The molecule has 2 N–H and O–H groups in total. The van der Waals surface area contributed by atoms with Crippen LogP contribution in [0, 0.1) is 10.1 Å². The third-order valence-electron chi connectivity index (χ3n) is 2.09. The zero-order valence-corrected chi connectivity index (χ0v) is 10.6. The summed E-state index contributed by atoms with van der Waals surface area (Å²) in [5, 5.41) is 10.6. The Labute approximate surface area is 111 Å². The Kier molecular flexibility index (Phi) is 3.42. The minimum Gasteiger partial charge on any atom is -0.437 e. The average molecular weight is 310 g/mol. The molecule has 0 fully saturated rings. The molecule has 92 valence electrons. The van der Waals surface area contributed by atoms with Crippen LogP contribution in [0.4, 0.5) is 11.4 Å². The van der Waals surface area contributed by atoms with Gasteiger partial charge in [0.15, 0.2) is 0 Å². The second-order valence-electron chi connectivity index (χ2n) is 3.40. The van der Waals surface area contributed by atoms with Gasteiger partial charge in [-0.3, -0.25) is 10.1 Å². The van der Waals surface area contributed by atoms with Gasteiger partial charge in [0.2, 0.25) is 5.88 Å². The van der Waals surface area contributed by atoms with Crippen molar-refractivity contribution in [1.29, 1.82) is 0 Å². The van der Waals surface area contributed by atoms with E-state index in [1.807, 2.05) is 0 Å². The molecule has 1 aromatic carbocycles. The highest BCUT2D eigenvalue weighted by atomic mass is 79.9. The molecular weight excluding hydrogens is 302 g/mol. The maximum Gasteiger partial charge on any atom is 0.273 e. The van der Waals surface area contributed by atoms with Gasteiger partial charge in [-0.15, -0.1) is 0 Å². The summed E-state index contributed by atoms with van der Waals surface area (Å²) in [7, 11) is 0. The van der Waals surface area contributed by atoms with E-state index >= 15 is 0 Å². The highest BCUT2D eigenvalue weighted by Gasteiger charge is 2.09. The molecule has 7 heteroatoms. The maximum absolute atomic E-state index is 10.6. The van der Waals surface area contributed by atoms with Crippen molar-refractivity contribution in [2.24, 2.45) is 0 Å². The van der Waals surface area contributed by atoms with Crippen molar-refractivity contribution in [2.45, 2.75) is 0 Å². The summed E-state index contributed by atoms with van der Waals surface area (Å²) < 4.78 is 6.12. The fraction of sp³-hybridized carbons (Fsp3) is 0. The summed E-state index contributed by atoms with van der Waals surface area (Å²) in [6, 6.07) is 7.45. The van der Waals surface area contributed by atoms with Crippen molar-refractivity contribution in [1.82, 2.24) is 4.98 Å². The summed E-state index contributed by atoms with van der Waals surface area (Å²) >= 11 is 3.23. The molecule has 0 amide bonds. The third kappa shape index (κ3) is 2.75. The van der Waals surface area contributed by atoms with Crippen molar-refractivity contribution in [2.75, 3.05) is 5.73 Å². The fourth-order valence-electron chi connectivity index (χ4n) is 1.30. The van der Waals surface area contributed by atoms with Gasteiger partial charge in [0, 0.05) is 16.7 Å². The van der Waals surface area contributed by atoms with Gasteiger partial charge in [-0.25, -0.2) is 4.98 Å². The molecular formula is C11H8BrN3O3. The van der Waals surface area contributed by atoms with E-state index in [-0.39, 0.29) is 11.6 Å². The maximum atomic E-state index is 10.6. The number of aromatic nitrogens is 1. The van der Waals surface area contributed by atoms with Crippen LogP contribution in [0.1, 0.15) is 0 Å². The van der Waals surface area contributed by atoms with Crippen molar-refractivity contribution < 1.29 is 9.66 Å². The fourth-order valence-corrected chi connectivity index (χ4v) is 1.65. The number of pyridine rings is 1. The molecule has 0 saturated heterocycles. The van der Waals surface area contributed by atoms with Crippen LogP contribution < -0.4 is 10.5 Å². The molecule has 0 radical (unpaired) electrons. The van der Waals surface area contributed by atoms with E-state index < -0.39 is 4.92 Å². The van der Waals surface area contributed by atoms with Crippen LogP contribution in [0.25, 0.3) is 0 Å². The minimum atomic E-state index is -0.495. The Morgan fingerprint density at radius 2 is 2.17 bits per heavy atom. The standard InChI is InChI=1S/C11H8BrN3O3/c12-7-4-10(13)11(14-6-7)18-9-3-1-2-8(5-9)15(16)17/h1-6H,13H2. The van der Waals surface area contributed by atoms with Crippen molar-refractivity contribution >= 4 is 27.3 Å². The first-order valence-electron chi connectivity index (χ1n) is 4.89. The Balaban J connectivity index is 2.28. The van der Waals surface area contributed by atoms with E-state index in [4.69, 9.17) is 10.5 Å². The number of hydrogen-bond donors (Lipinski definition) is 1. The zero-order chi connectivity index (χ0) is 13.1. The Hall–Kier alpha value is -2.15. The number of ether oxygens (including phenoxy) is 1. The van der Waals surface area contributed by atoms with Gasteiger partial charge in [0.05, 0.1) is 16.7 Å². The molecule has 1 aromatic heterocycles. The second kappa shape index (κ2) is 5.01. The van der Waals surface area contributed by atoms with Crippen LogP contribution in [-0.2, 0) is 0 Å². The van der Waals surface area contributed by atoms with Gasteiger partial charge in [-0.2, -0.15) is 0 Å². The lowest BCUT2D eigenvalue weighted by molar-refractivity contribution is -0.384. The van der Waals surface area contributed by atoms with Crippen molar-refractivity contribution in [3.8, 4) is 11.6 Å². The number of nitrogen functional groups attached to an aromatic ring is 1. The van der Waals surface area contributed by atoms with Gasteiger partial charge in [-0.1, -0.05) is 6.07 Å². The van der Waals surface area contributed by atoms with Crippen LogP contribution in [0.15, 0.2) is 41.0 Å². The quantitative estimate of drug-likeness (QED) is 0.694. The van der Waals surface area contributed by atoms with E-state index in [0.29, 0.717) is 11.4 Å². The number of halogens is 1. The molecule has 2 rings (SSSR count). The number of nitro benzene ring substituents is 1. The number of nitro groups is 1. The lowest BCUT2D eigenvalue weighted by Crippen LogP contribution is -1.95. The minimum absolute atomic E-state index is 0.0526. The van der Waals surface area contributed by atoms with Crippen LogP contribution in [0.3, 0.4) is 0 Å². The predicted octanol–water partition coefficient (Wildman–Crippen LogP) is 3.13. The van der Waals surface area contributed by atoms with E-state index in [1.165, 1.54) is 24.4 Å². The van der Waals surface area contributed by atoms with E-state index in [1.54, 1.807) is 12.1 Å². The first kappa shape index (κ1) is 12.3. The second-order valence-corrected chi connectivity index (χ2v) is 4.32. The summed E-state index contributed by atoms with van der Waals surface area (Å²) in [5.41, 5.74) is 6.01. The molecule has 0 aliphatic carbocycles. The number of benzene rings is 1. The Morgan fingerprint density at radius 3 is 2.83 bits per heavy atom.